The summed E-state index contributed by atoms with van der Waals surface area (Å²) >= 11 is 0. The molecule has 21 heavy (non-hydrogen) atoms. The first kappa shape index (κ1) is 15.6. The van der Waals surface area contributed by atoms with Crippen molar-refractivity contribution in [3.05, 3.63) is 23.8 Å². The number of hydrogen-bond donors (Lipinski definition) is 1. The van der Waals surface area contributed by atoms with Crippen LogP contribution in [0.3, 0.4) is 0 Å². The van der Waals surface area contributed by atoms with E-state index < -0.39 is 0 Å². The highest BCUT2D eigenvalue weighted by Gasteiger charge is 2.16. The average Bonchev–Trinajstić information content (AvgIpc) is 2.52. The number of benzene rings is 1. The SMILES string of the molecule is COc1cccc(C2=NCCCN2)c1OCCCN(C)C. The normalized spacial score (nSPS) is 14.6. The first-order chi connectivity index (χ1) is 10.2. The molecular weight excluding hydrogens is 266 g/mol. The minimum Gasteiger partial charge on any atom is -0.493 e. The van der Waals surface area contributed by atoms with Crippen molar-refractivity contribution >= 4 is 5.84 Å². The summed E-state index contributed by atoms with van der Waals surface area (Å²) in [5.41, 5.74) is 0.985. The second-order valence-corrected chi connectivity index (χ2v) is 5.35. The molecule has 0 saturated heterocycles. The number of nitrogens with zero attached hydrogens (tertiary/aromatic N) is 2. The van der Waals surface area contributed by atoms with Crippen LogP contribution in [-0.2, 0) is 0 Å². The maximum Gasteiger partial charge on any atom is 0.172 e. The van der Waals surface area contributed by atoms with Crippen molar-refractivity contribution in [1.29, 1.82) is 0 Å². The number of nitrogens with one attached hydrogen (secondary N) is 1. The van der Waals surface area contributed by atoms with Gasteiger partial charge in [-0.25, -0.2) is 0 Å². The molecule has 5 heteroatoms. The molecule has 0 amide bonds. The van der Waals surface area contributed by atoms with Gasteiger partial charge in [0.15, 0.2) is 11.5 Å². The molecule has 1 aromatic rings. The monoisotopic (exact) mass is 291 g/mol. The summed E-state index contributed by atoms with van der Waals surface area (Å²) < 4.78 is 11.4. The van der Waals surface area contributed by atoms with Crippen LogP contribution in [0.4, 0.5) is 0 Å². The van der Waals surface area contributed by atoms with Crippen LogP contribution in [0.5, 0.6) is 11.5 Å². The van der Waals surface area contributed by atoms with Gasteiger partial charge in [-0.15, -0.1) is 0 Å². The van der Waals surface area contributed by atoms with E-state index in [2.05, 4.69) is 29.3 Å². The van der Waals surface area contributed by atoms with Crippen LogP contribution in [0.1, 0.15) is 18.4 Å². The van der Waals surface area contributed by atoms with E-state index in [1.807, 2.05) is 18.2 Å². The van der Waals surface area contributed by atoms with Gasteiger partial charge in [0.2, 0.25) is 0 Å². The molecule has 1 N–H and O–H groups in total. The second-order valence-electron chi connectivity index (χ2n) is 5.35. The number of aliphatic imine (C=N–C) groups is 1. The minimum absolute atomic E-state index is 0.666. The van der Waals surface area contributed by atoms with Crippen LogP contribution in [0.15, 0.2) is 23.2 Å². The molecule has 1 heterocycles. The third kappa shape index (κ3) is 4.36. The highest BCUT2D eigenvalue weighted by molar-refractivity contribution is 6.02. The summed E-state index contributed by atoms with van der Waals surface area (Å²) in [7, 11) is 5.80. The van der Waals surface area contributed by atoms with Gasteiger partial charge in [-0.3, -0.25) is 4.99 Å². The zero-order valence-corrected chi connectivity index (χ0v) is 13.2. The van der Waals surface area contributed by atoms with E-state index in [0.29, 0.717) is 6.61 Å². The van der Waals surface area contributed by atoms with Gasteiger partial charge in [-0.1, -0.05) is 6.07 Å². The Hall–Kier alpha value is -1.75. The third-order valence-corrected chi connectivity index (χ3v) is 3.35. The molecule has 1 aromatic carbocycles. The molecule has 1 aliphatic heterocycles. The van der Waals surface area contributed by atoms with Crippen molar-refractivity contribution in [3.63, 3.8) is 0 Å². The first-order valence-corrected chi connectivity index (χ1v) is 7.45. The Labute approximate surface area is 127 Å². The molecule has 5 nitrogen and oxygen atoms in total. The lowest BCUT2D eigenvalue weighted by Gasteiger charge is -2.20. The van der Waals surface area contributed by atoms with Gasteiger partial charge < -0.3 is 19.7 Å². The topological polar surface area (TPSA) is 46.1 Å². The number of amidine groups is 1. The molecule has 0 fully saturated rings. The Kier molecular flexibility index (Phi) is 5.87. The lowest BCUT2D eigenvalue weighted by atomic mass is 10.1. The Morgan fingerprint density at radius 2 is 2.19 bits per heavy atom. The molecule has 0 unspecified atom stereocenters. The second kappa shape index (κ2) is 7.88. The summed E-state index contributed by atoms with van der Waals surface area (Å²) in [6, 6.07) is 5.93. The van der Waals surface area contributed by atoms with E-state index >= 15 is 0 Å². The third-order valence-electron chi connectivity index (χ3n) is 3.35. The Morgan fingerprint density at radius 1 is 1.33 bits per heavy atom. The lowest BCUT2D eigenvalue weighted by molar-refractivity contribution is 0.267. The fraction of sp³-hybridized carbons (Fsp3) is 0.562. The number of hydrogen-bond acceptors (Lipinski definition) is 5. The lowest BCUT2D eigenvalue weighted by Crippen LogP contribution is -2.30. The maximum atomic E-state index is 5.99. The van der Waals surface area contributed by atoms with E-state index in [1.54, 1.807) is 7.11 Å². The van der Waals surface area contributed by atoms with Gasteiger partial charge in [-0.05, 0) is 39.1 Å². The molecule has 0 atom stereocenters. The summed E-state index contributed by atoms with van der Waals surface area (Å²) in [5, 5.41) is 3.34. The van der Waals surface area contributed by atoms with Crippen LogP contribution in [0, 0.1) is 0 Å². The standard InChI is InChI=1S/C16H25N3O2/c1-19(2)11-6-12-21-15-13(7-4-8-14(15)20-3)16-17-9-5-10-18-16/h4,7-8H,5-6,9-12H2,1-3H3,(H,17,18). The molecule has 0 bridgehead atoms. The zero-order valence-electron chi connectivity index (χ0n) is 13.2. The Morgan fingerprint density at radius 3 is 2.86 bits per heavy atom. The van der Waals surface area contributed by atoms with Gasteiger partial charge in [0.25, 0.3) is 0 Å². The van der Waals surface area contributed by atoms with Gasteiger partial charge in [-0.2, -0.15) is 0 Å². The van der Waals surface area contributed by atoms with Crippen molar-refractivity contribution in [2.75, 3.05) is 47.4 Å². The molecule has 1 aliphatic rings. The molecule has 0 saturated carbocycles. The van der Waals surface area contributed by atoms with E-state index in [1.165, 1.54) is 0 Å². The van der Waals surface area contributed by atoms with Crippen molar-refractivity contribution in [2.24, 2.45) is 4.99 Å². The van der Waals surface area contributed by atoms with Crippen LogP contribution in [0.2, 0.25) is 0 Å². The molecule has 0 radical (unpaired) electrons. The van der Waals surface area contributed by atoms with Gasteiger partial charge in [0.05, 0.1) is 19.3 Å². The van der Waals surface area contributed by atoms with Crippen molar-refractivity contribution in [1.82, 2.24) is 10.2 Å². The van der Waals surface area contributed by atoms with Crippen molar-refractivity contribution < 1.29 is 9.47 Å². The molecule has 116 valence electrons. The summed E-state index contributed by atoms with van der Waals surface area (Å²) in [6.07, 6.45) is 2.05. The number of ether oxygens (including phenoxy) is 2. The fourth-order valence-corrected chi connectivity index (χ4v) is 2.28. The van der Waals surface area contributed by atoms with E-state index in [9.17, 15) is 0 Å². The predicted octanol–water partition coefficient (Wildman–Crippen LogP) is 1.77. The highest BCUT2D eigenvalue weighted by atomic mass is 16.5. The summed E-state index contributed by atoms with van der Waals surface area (Å²) in [4.78, 5) is 6.71. The largest absolute Gasteiger partial charge is 0.493 e. The van der Waals surface area contributed by atoms with E-state index in [0.717, 1.165) is 55.4 Å². The molecular formula is C16H25N3O2. The highest BCUT2D eigenvalue weighted by Crippen LogP contribution is 2.31. The van der Waals surface area contributed by atoms with Crippen molar-refractivity contribution in [3.8, 4) is 11.5 Å². The molecule has 2 rings (SSSR count). The number of methoxy groups -OCH3 is 1. The van der Waals surface area contributed by atoms with Crippen LogP contribution in [0.25, 0.3) is 0 Å². The quantitative estimate of drug-likeness (QED) is 0.778. The average molecular weight is 291 g/mol. The Bertz CT molecular complexity index is 486. The summed E-state index contributed by atoms with van der Waals surface area (Å²) in [6.45, 7) is 3.48. The van der Waals surface area contributed by atoms with Gasteiger partial charge >= 0.3 is 0 Å². The summed E-state index contributed by atoms with van der Waals surface area (Å²) in [5.74, 6) is 2.45. The molecule has 0 aliphatic carbocycles. The fourth-order valence-electron chi connectivity index (χ4n) is 2.28. The van der Waals surface area contributed by atoms with Crippen LogP contribution < -0.4 is 14.8 Å². The van der Waals surface area contributed by atoms with Crippen molar-refractivity contribution in [2.45, 2.75) is 12.8 Å². The Balaban J connectivity index is 2.14. The number of rotatable bonds is 7. The number of para-hydroxylation sites is 1. The first-order valence-electron chi connectivity index (χ1n) is 7.45. The predicted molar refractivity (Wildman–Crippen MR) is 85.7 cm³/mol. The zero-order chi connectivity index (χ0) is 15.1. The van der Waals surface area contributed by atoms with Gasteiger partial charge in [0, 0.05) is 19.6 Å². The van der Waals surface area contributed by atoms with Crippen LogP contribution in [-0.4, -0.2) is 58.2 Å². The van der Waals surface area contributed by atoms with Gasteiger partial charge in [0.1, 0.15) is 5.84 Å². The van der Waals surface area contributed by atoms with E-state index in [-0.39, 0.29) is 0 Å². The smallest absolute Gasteiger partial charge is 0.172 e. The van der Waals surface area contributed by atoms with E-state index in [4.69, 9.17) is 9.47 Å². The molecule has 0 spiro atoms. The van der Waals surface area contributed by atoms with Crippen LogP contribution >= 0.6 is 0 Å². The maximum absolute atomic E-state index is 5.99. The molecule has 0 aromatic heterocycles. The minimum atomic E-state index is 0.666.